The molecule has 1 saturated carbocycles. The Morgan fingerprint density at radius 2 is 1.65 bits per heavy atom. The molecule has 0 aromatic rings. The predicted molar refractivity (Wildman–Crippen MR) is 63.4 cm³/mol. The van der Waals surface area contributed by atoms with E-state index in [0.29, 0.717) is 12.8 Å². The van der Waals surface area contributed by atoms with E-state index in [2.05, 4.69) is 18.7 Å². The first kappa shape index (κ1) is 13.3. The van der Waals surface area contributed by atoms with Gasteiger partial charge in [0.25, 0.3) is 0 Å². The molecule has 1 heterocycles. The van der Waals surface area contributed by atoms with Crippen LogP contribution in [0.4, 0.5) is 0 Å². The van der Waals surface area contributed by atoms with Gasteiger partial charge < -0.3 is 9.84 Å². The Bertz CT molecular complexity index is 295. The topological polar surface area (TPSA) is 58.9 Å². The van der Waals surface area contributed by atoms with E-state index in [0.717, 1.165) is 19.3 Å². The third kappa shape index (κ3) is 1.73. The Morgan fingerprint density at radius 3 is 2.12 bits per heavy atom. The highest BCUT2D eigenvalue weighted by molar-refractivity contribution is 5.13. The van der Waals surface area contributed by atoms with Crippen LogP contribution >= 0.6 is 0 Å². The standard InChI is InChI=1S/C13H24O4/c1-10(2)6-5-7-11(3,14)13(10)9-8-12(4,16-13)17-15/h14-15H,5-9H2,1-4H3/t11-,12+,13-/m0/s1. The highest BCUT2D eigenvalue weighted by atomic mass is 17.1. The van der Waals surface area contributed by atoms with Crippen molar-refractivity contribution in [3.8, 4) is 0 Å². The van der Waals surface area contributed by atoms with Crippen molar-refractivity contribution in [3.05, 3.63) is 0 Å². The summed E-state index contributed by atoms with van der Waals surface area (Å²) in [5, 5.41) is 19.7. The van der Waals surface area contributed by atoms with Gasteiger partial charge in [0, 0.05) is 6.42 Å². The lowest BCUT2D eigenvalue weighted by Crippen LogP contribution is -2.64. The number of aliphatic hydroxyl groups is 1. The van der Waals surface area contributed by atoms with Gasteiger partial charge in [0.15, 0.2) is 5.79 Å². The summed E-state index contributed by atoms with van der Waals surface area (Å²) in [6, 6.07) is 0. The van der Waals surface area contributed by atoms with Gasteiger partial charge in [0.1, 0.15) is 5.60 Å². The molecule has 1 spiro atoms. The van der Waals surface area contributed by atoms with Crippen LogP contribution in [0.5, 0.6) is 0 Å². The quantitative estimate of drug-likeness (QED) is 0.550. The molecule has 1 aliphatic heterocycles. The molecule has 0 radical (unpaired) electrons. The van der Waals surface area contributed by atoms with Crippen molar-refractivity contribution < 1.29 is 20.0 Å². The second-order valence-corrected chi connectivity index (χ2v) is 6.67. The van der Waals surface area contributed by atoms with Gasteiger partial charge in [-0.1, -0.05) is 13.8 Å². The molecule has 0 unspecified atom stereocenters. The van der Waals surface area contributed by atoms with E-state index in [9.17, 15) is 5.11 Å². The molecule has 1 saturated heterocycles. The van der Waals surface area contributed by atoms with Crippen molar-refractivity contribution in [2.75, 3.05) is 0 Å². The van der Waals surface area contributed by atoms with Crippen LogP contribution in [0.15, 0.2) is 0 Å². The van der Waals surface area contributed by atoms with E-state index < -0.39 is 17.0 Å². The molecule has 2 aliphatic rings. The molecule has 2 rings (SSSR count). The fourth-order valence-electron chi connectivity index (χ4n) is 3.80. The summed E-state index contributed by atoms with van der Waals surface area (Å²) in [6.45, 7) is 7.83. The van der Waals surface area contributed by atoms with Crippen molar-refractivity contribution in [2.24, 2.45) is 5.41 Å². The summed E-state index contributed by atoms with van der Waals surface area (Å²) in [7, 11) is 0. The Labute approximate surface area is 103 Å². The zero-order valence-corrected chi connectivity index (χ0v) is 11.2. The predicted octanol–water partition coefficient (Wildman–Crippen LogP) is 2.70. The van der Waals surface area contributed by atoms with Crippen molar-refractivity contribution >= 4 is 0 Å². The molecule has 3 atom stereocenters. The van der Waals surface area contributed by atoms with Crippen LogP contribution in [0.2, 0.25) is 0 Å². The van der Waals surface area contributed by atoms with E-state index in [4.69, 9.17) is 9.99 Å². The average Bonchev–Trinajstić information content (AvgIpc) is 2.57. The molecule has 100 valence electrons. The Hall–Kier alpha value is -0.160. The van der Waals surface area contributed by atoms with Crippen LogP contribution in [0.3, 0.4) is 0 Å². The average molecular weight is 244 g/mol. The summed E-state index contributed by atoms with van der Waals surface area (Å²) in [6.07, 6.45) is 4.07. The normalized spacial score (nSPS) is 49.8. The fourth-order valence-corrected chi connectivity index (χ4v) is 3.80. The molecule has 0 amide bonds. The van der Waals surface area contributed by atoms with Crippen molar-refractivity contribution in [1.29, 1.82) is 0 Å². The number of rotatable bonds is 1. The zero-order valence-electron chi connectivity index (χ0n) is 11.2. The molecule has 0 aromatic carbocycles. The SMILES string of the molecule is CC1(C)CCC[C@](C)(O)[C@]12CC[C@@](C)(OO)O2. The smallest absolute Gasteiger partial charge is 0.199 e. The summed E-state index contributed by atoms with van der Waals surface area (Å²) in [5.41, 5.74) is -1.62. The summed E-state index contributed by atoms with van der Waals surface area (Å²) >= 11 is 0. The van der Waals surface area contributed by atoms with Gasteiger partial charge in [-0.2, -0.15) is 0 Å². The first-order chi connectivity index (χ1) is 7.68. The fraction of sp³-hybridized carbons (Fsp3) is 1.00. The van der Waals surface area contributed by atoms with E-state index in [1.807, 2.05) is 6.92 Å². The van der Waals surface area contributed by atoms with Crippen LogP contribution in [0.25, 0.3) is 0 Å². The van der Waals surface area contributed by atoms with Gasteiger partial charge in [0.2, 0.25) is 0 Å². The molecular formula is C13H24O4. The highest BCUT2D eigenvalue weighted by Gasteiger charge is 2.65. The second kappa shape index (κ2) is 3.67. The zero-order chi connectivity index (χ0) is 12.9. The maximum absolute atomic E-state index is 10.7. The monoisotopic (exact) mass is 244 g/mol. The van der Waals surface area contributed by atoms with E-state index >= 15 is 0 Å². The molecule has 4 heteroatoms. The molecule has 4 nitrogen and oxygen atoms in total. The van der Waals surface area contributed by atoms with Gasteiger partial charge in [-0.3, -0.25) is 0 Å². The number of ether oxygens (including phenoxy) is 1. The first-order valence-corrected chi connectivity index (χ1v) is 6.43. The van der Waals surface area contributed by atoms with E-state index in [-0.39, 0.29) is 5.41 Å². The van der Waals surface area contributed by atoms with Gasteiger partial charge >= 0.3 is 0 Å². The Balaban J connectivity index is 2.39. The minimum atomic E-state index is -0.987. The van der Waals surface area contributed by atoms with Crippen molar-refractivity contribution in [1.82, 2.24) is 0 Å². The summed E-state index contributed by atoms with van der Waals surface area (Å²) < 4.78 is 6.03. The maximum atomic E-state index is 10.7. The molecule has 17 heavy (non-hydrogen) atoms. The lowest BCUT2D eigenvalue weighted by atomic mass is 9.57. The van der Waals surface area contributed by atoms with E-state index in [1.165, 1.54) is 0 Å². The molecule has 0 aromatic heterocycles. The number of hydrogen-bond acceptors (Lipinski definition) is 4. The van der Waals surface area contributed by atoms with Crippen LogP contribution in [0, 0.1) is 5.41 Å². The van der Waals surface area contributed by atoms with E-state index in [1.54, 1.807) is 6.92 Å². The third-order valence-corrected chi connectivity index (χ3v) is 4.94. The van der Waals surface area contributed by atoms with Gasteiger partial charge in [0.05, 0.1) is 5.60 Å². The van der Waals surface area contributed by atoms with Crippen LogP contribution in [-0.4, -0.2) is 27.4 Å². The largest absolute Gasteiger partial charge is 0.387 e. The van der Waals surface area contributed by atoms with Gasteiger partial charge in [-0.05, 0) is 44.9 Å². The van der Waals surface area contributed by atoms with Crippen LogP contribution in [-0.2, 0) is 9.62 Å². The Kier molecular flexibility index (Phi) is 2.86. The molecular weight excluding hydrogens is 220 g/mol. The minimum absolute atomic E-state index is 0.120. The summed E-state index contributed by atoms with van der Waals surface area (Å²) in [5.74, 6) is -0.987. The maximum Gasteiger partial charge on any atom is 0.199 e. The Morgan fingerprint density at radius 1 is 1.00 bits per heavy atom. The lowest BCUT2D eigenvalue weighted by molar-refractivity contribution is -0.418. The third-order valence-electron chi connectivity index (χ3n) is 4.94. The number of hydrogen-bond donors (Lipinski definition) is 2. The van der Waals surface area contributed by atoms with Crippen molar-refractivity contribution in [3.63, 3.8) is 0 Å². The van der Waals surface area contributed by atoms with Gasteiger partial charge in [-0.15, -0.1) is 0 Å². The minimum Gasteiger partial charge on any atom is -0.387 e. The second-order valence-electron chi connectivity index (χ2n) is 6.67. The summed E-state index contributed by atoms with van der Waals surface area (Å²) in [4.78, 5) is 4.48. The van der Waals surface area contributed by atoms with Crippen LogP contribution in [0.1, 0.15) is 59.8 Å². The molecule has 0 bridgehead atoms. The molecule has 2 fully saturated rings. The van der Waals surface area contributed by atoms with Crippen molar-refractivity contribution in [2.45, 2.75) is 76.8 Å². The first-order valence-electron chi connectivity index (χ1n) is 6.43. The van der Waals surface area contributed by atoms with Gasteiger partial charge in [-0.25, -0.2) is 10.1 Å². The molecule has 1 aliphatic carbocycles. The van der Waals surface area contributed by atoms with Crippen LogP contribution < -0.4 is 0 Å². The highest BCUT2D eigenvalue weighted by Crippen LogP contribution is 2.59. The molecule has 2 N–H and O–H groups in total. The lowest BCUT2D eigenvalue weighted by Gasteiger charge is -2.56.